The van der Waals surface area contributed by atoms with Crippen molar-refractivity contribution in [2.75, 3.05) is 19.6 Å². The number of amides is 1. The van der Waals surface area contributed by atoms with Crippen LogP contribution in [-0.2, 0) is 0 Å². The standard InChI is InChI=1S/C16H17ClN2OS/c1-11-9-21-10-13(11)16(20)19-7-6-18-8-15(19)12-4-2-3-5-14(12)17/h2-5,9-10,15,18H,6-8H2,1H3. The van der Waals surface area contributed by atoms with E-state index in [1.54, 1.807) is 11.3 Å². The summed E-state index contributed by atoms with van der Waals surface area (Å²) in [6.45, 7) is 4.23. The Morgan fingerprint density at radius 2 is 2.19 bits per heavy atom. The molecule has 2 aromatic rings. The molecule has 2 heterocycles. The molecule has 1 aliphatic heterocycles. The van der Waals surface area contributed by atoms with E-state index in [4.69, 9.17) is 11.6 Å². The predicted octanol–water partition coefficient (Wildman–Crippen LogP) is 3.50. The number of hydrogen-bond donors (Lipinski definition) is 1. The highest BCUT2D eigenvalue weighted by Gasteiger charge is 2.30. The summed E-state index contributed by atoms with van der Waals surface area (Å²) in [6.07, 6.45) is 0. The average molecular weight is 321 g/mol. The molecule has 0 spiro atoms. The Kier molecular flexibility index (Phi) is 4.29. The fourth-order valence-electron chi connectivity index (χ4n) is 2.70. The quantitative estimate of drug-likeness (QED) is 0.918. The minimum atomic E-state index is -0.0146. The molecular formula is C16H17ClN2OS. The van der Waals surface area contributed by atoms with Crippen molar-refractivity contribution in [3.05, 3.63) is 56.7 Å². The van der Waals surface area contributed by atoms with Gasteiger partial charge in [-0.2, -0.15) is 11.3 Å². The van der Waals surface area contributed by atoms with Crippen molar-refractivity contribution in [3.63, 3.8) is 0 Å². The van der Waals surface area contributed by atoms with Crippen LogP contribution in [0.1, 0.15) is 27.5 Å². The van der Waals surface area contributed by atoms with Gasteiger partial charge in [0.25, 0.3) is 5.91 Å². The molecule has 5 heteroatoms. The fraction of sp³-hybridized carbons (Fsp3) is 0.312. The van der Waals surface area contributed by atoms with E-state index in [2.05, 4.69) is 5.32 Å². The Morgan fingerprint density at radius 1 is 1.38 bits per heavy atom. The zero-order valence-corrected chi connectivity index (χ0v) is 13.4. The van der Waals surface area contributed by atoms with E-state index in [1.165, 1.54) is 0 Å². The first kappa shape index (κ1) is 14.6. The average Bonchev–Trinajstić information content (AvgIpc) is 2.93. The summed E-state index contributed by atoms with van der Waals surface area (Å²) in [5.74, 6) is 0.0974. The van der Waals surface area contributed by atoms with Crippen LogP contribution in [0.4, 0.5) is 0 Å². The third-order valence-electron chi connectivity index (χ3n) is 3.85. The molecule has 1 saturated heterocycles. The topological polar surface area (TPSA) is 32.3 Å². The van der Waals surface area contributed by atoms with Gasteiger partial charge in [-0.25, -0.2) is 0 Å². The van der Waals surface area contributed by atoms with Gasteiger partial charge in [0.2, 0.25) is 0 Å². The summed E-state index contributed by atoms with van der Waals surface area (Å²) in [4.78, 5) is 14.8. The monoisotopic (exact) mass is 320 g/mol. The van der Waals surface area contributed by atoms with E-state index in [-0.39, 0.29) is 11.9 Å². The number of halogens is 1. The van der Waals surface area contributed by atoms with Crippen LogP contribution in [0.5, 0.6) is 0 Å². The lowest BCUT2D eigenvalue weighted by molar-refractivity contribution is 0.0634. The van der Waals surface area contributed by atoms with Crippen LogP contribution >= 0.6 is 22.9 Å². The fourth-order valence-corrected chi connectivity index (χ4v) is 3.79. The molecule has 1 fully saturated rings. The van der Waals surface area contributed by atoms with Crippen LogP contribution in [-0.4, -0.2) is 30.4 Å². The molecule has 3 rings (SSSR count). The Bertz CT molecular complexity index is 655. The summed E-state index contributed by atoms with van der Waals surface area (Å²) < 4.78 is 0. The van der Waals surface area contributed by atoms with E-state index >= 15 is 0 Å². The van der Waals surface area contributed by atoms with E-state index in [0.717, 1.165) is 29.8 Å². The lowest BCUT2D eigenvalue weighted by atomic mass is 10.0. The highest BCUT2D eigenvalue weighted by molar-refractivity contribution is 7.08. The van der Waals surface area contributed by atoms with Gasteiger partial charge < -0.3 is 10.2 Å². The van der Waals surface area contributed by atoms with Crippen LogP contribution < -0.4 is 5.32 Å². The van der Waals surface area contributed by atoms with Gasteiger partial charge in [0.05, 0.1) is 11.6 Å². The third-order valence-corrected chi connectivity index (χ3v) is 5.06. The largest absolute Gasteiger partial charge is 0.329 e. The second-order valence-corrected chi connectivity index (χ2v) is 6.36. The summed E-state index contributed by atoms with van der Waals surface area (Å²) in [5, 5.41) is 8.02. The van der Waals surface area contributed by atoms with E-state index in [1.807, 2.05) is 46.8 Å². The van der Waals surface area contributed by atoms with Crippen molar-refractivity contribution in [2.24, 2.45) is 0 Å². The molecule has 3 nitrogen and oxygen atoms in total. The number of nitrogens with one attached hydrogen (secondary N) is 1. The molecule has 0 saturated carbocycles. The number of carbonyl (C=O) groups is 1. The molecule has 1 aliphatic rings. The molecule has 1 unspecified atom stereocenters. The number of aryl methyl sites for hydroxylation is 1. The molecule has 1 aromatic heterocycles. The zero-order valence-electron chi connectivity index (χ0n) is 11.8. The Balaban J connectivity index is 1.94. The molecule has 0 radical (unpaired) electrons. The minimum Gasteiger partial charge on any atom is -0.329 e. The summed E-state index contributed by atoms with van der Waals surface area (Å²) in [7, 11) is 0. The maximum atomic E-state index is 12.8. The van der Waals surface area contributed by atoms with Crippen molar-refractivity contribution in [1.29, 1.82) is 0 Å². The van der Waals surface area contributed by atoms with Crippen LogP contribution in [0.3, 0.4) is 0 Å². The zero-order chi connectivity index (χ0) is 14.8. The van der Waals surface area contributed by atoms with Gasteiger partial charge in [0.1, 0.15) is 0 Å². The second kappa shape index (κ2) is 6.18. The molecule has 110 valence electrons. The summed E-state index contributed by atoms with van der Waals surface area (Å²) >= 11 is 7.89. The van der Waals surface area contributed by atoms with Crippen molar-refractivity contribution >= 4 is 28.8 Å². The molecule has 1 aromatic carbocycles. The van der Waals surface area contributed by atoms with E-state index in [9.17, 15) is 4.79 Å². The Morgan fingerprint density at radius 3 is 2.90 bits per heavy atom. The molecule has 21 heavy (non-hydrogen) atoms. The van der Waals surface area contributed by atoms with Gasteiger partial charge in [-0.3, -0.25) is 4.79 Å². The molecular weight excluding hydrogens is 304 g/mol. The van der Waals surface area contributed by atoms with Gasteiger partial charge in [0, 0.05) is 30.0 Å². The van der Waals surface area contributed by atoms with Crippen LogP contribution in [0.2, 0.25) is 5.02 Å². The smallest absolute Gasteiger partial charge is 0.255 e. The number of benzene rings is 1. The first-order valence-electron chi connectivity index (χ1n) is 6.97. The predicted molar refractivity (Wildman–Crippen MR) is 87.2 cm³/mol. The van der Waals surface area contributed by atoms with E-state index in [0.29, 0.717) is 11.6 Å². The van der Waals surface area contributed by atoms with Crippen molar-refractivity contribution in [1.82, 2.24) is 10.2 Å². The third kappa shape index (κ3) is 2.84. The Labute approximate surface area is 133 Å². The van der Waals surface area contributed by atoms with Gasteiger partial charge in [-0.1, -0.05) is 29.8 Å². The normalized spacial score (nSPS) is 18.8. The van der Waals surface area contributed by atoms with Gasteiger partial charge in [0.15, 0.2) is 0 Å². The minimum absolute atomic E-state index is 0.0146. The molecule has 1 atom stereocenters. The van der Waals surface area contributed by atoms with Gasteiger partial charge in [-0.15, -0.1) is 0 Å². The molecule has 1 N–H and O–H groups in total. The van der Waals surface area contributed by atoms with Gasteiger partial charge >= 0.3 is 0 Å². The molecule has 0 bridgehead atoms. The highest BCUT2D eigenvalue weighted by atomic mass is 35.5. The first-order chi connectivity index (χ1) is 10.2. The number of piperazine rings is 1. The van der Waals surface area contributed by atoms with E-state index < -0.39 is 0 Å². The molecule has 1 amide bonds. The van der Waals surface area contributed by atoms with Crippen LogP contribution in [0, 0.1) is 6.92 Å². The number of rotatable bonds is 2. The highest BCUT2D eigenvalue weighted by Crippen LogP contribution is 2.30. The SMILES string of the molecule is Cc1cscc1C(=O)N1CCNCC1c1ccccc1Cl. The number of nitrogens with zero attached hydrogens (tertiary/aromatic N) is 1. The number of carbonyl (C=O) groups excluding carboxylic acids is 1. The van der Waals surface area contributed by atoms with Crippen molar-refractivity contribution in [2.45, 2.75) is 13.0 Å². The summed E-state index contributed by atoms with van der Waals surface area (Å²) in [5.41, 5.74) is 2.85. The Hall–Kier alpha value is -1.36. The lowest BCUT2D eigenvalue weighted by Crippen LogP contribution is -2.48. The maximum Gasteiger partial charge on any atom is 0.255 e. The van der Waals surface area contributed by atoms with Crippen molar-refractivity contribution < 1.29 is 4.79 Å². The lowest BCUT2D eigenvalue weighted by Gasteiger charge is -2.37. The van der Waals surface area contributed by atoms with Gasteiger partial charge in [-0.05, 0) is 29.5 Å². The number of thiophene rings is 1. The van der Waals surface area contributed by atoms with Crippen LogP contribution in [0.25, 0.3) is 0 Å². The summed E-state index contributed by atoms with van der Waals surface area (Å²) in [6, 6.07) is 7.75. The van der Waals surface area contributed by atoms with Crippen molar-refractivity contribution in [3.8, 4) is 0 Å². The second-order valence-electron chi connectivity index (χ2n) is 5.21. The van der Waals surface area contributed by atoms with Crippen LogP contribution in [0.15, 0.2) is 35.0 Å². The number of hydrogen-bond acceptors (Lipinski definition) is 3. The first-order valence-corrected chi connectivity index (χ1v) is 8.29. The maximum absolute atomic E-state index is 12.8. The molecule has 0 aliphatic carbocycles.